The Bertz CT molecular complexity index is 1080. The Kier molecular flexibility index (Phi) is 2.34. The number of hydrogen-bond acceptors (Lipinski definition) is 6. The van der Waals surface area contributed by atoms with E-state index in [-0.39, 0.29) is 22.7 Å². The largest absolute Gasteiger partial charge is 0.316 e. The summed E-state index contributed by atoms with van der Waals surface area (Å²) >= 11 is 0. The van der Waals surface area contributed by atoms with Gasteiger partial charge in [-0.05, 0) is 0 Å². The molecule has 0 saturated carbocycles. The molecule has 22 heavy (non-hydrogen) atoms. The third-order valence-corrected chi connectivity index (χ3v) is 3.23. The van der Waals surface area contributed by atoms with Crippen molar-refractivity contribution in [3.8, 4) is 5.82 Å². The third kappa shape index (κ3) is 1.60. The standard InChI is InChI=1S/C12H7N7O3/c20-12-11-14-2-4-18(11)9-7(15-12)5-8(19(21)22)10(16-9)17-3-1-13-6-17/h1-6H,(H,15,20). The lowest BCUT2D eigenvalue weighted by Crippen LogP contribution is -2.13. The summed E-state index contributed by atoms with van der Waals surface area (Å²) < 4.78 is 2.92. The van der Waals surface area contributed by atoms with Crippen molar-refractivity contribution < 1.29 is 4.92 Å². The minimum Gasteiger partial charge on any atom is -0.316 e. The van der Waals surface area contributed by atoms with Crippen LogP contribution >= 0.6 is 0 Å². The number of aromatic amines is 1. The Morgan fingerprint density at radius 3 is 2.82 bits per heavy atom. The van der Waals surface area contributed by atoms with Crippen LogP contribution in [0.25, 0.3) is 22.6 Å². The SMILES string of the molecule is O=c1[nH]c2cc([N+](=O)[O-])c(-n3ccnc3)nc2n2ccnc12. The monoisotopic (exact) mass is 297 g/mol. The number of nitrogens with one attached hydrogen (secondary N) is 1. The van der Waals surface area contributed by atoms with Crippen LogP contribution in [0.4, 0.5) is 5.69 Å². The Balaban J connectivity index is 2.18. The number of rotatable bonds is 2. The van der Waals surface area contributed by atoms with Gasteiger partial charge in [0.2, 0.25) is 11.5 Å². The first-order valence-corrected chi connectivity index (χ1v) is 6.18. The van der Waals surface area contributed by atoms with Gasteiger partial charge in [-0.2, -0.15) is 0 Å². The van der Waals surface area contributed by atoms with E-state index in [9.17, 15) is 14.9 Å². The molecule has 0 atom stereocenters. The second-order valence-corrected chi connectivity index (χ2v) is 4.50. The van der Waals surface area contributed by atoms with E-state index < -0.39 is 10.5 Å². The summed E-state index contributed by atoms with van der Waals surface area (Å²) in [5, 5.41) is 11.3. The average molecular weight is 297 g/mol. The Morgan fingerprint density at radius 2 is 2.09 bits per heavy atom. The molecular formula is C12H7N7O3. The zero-order chi connectivity index (χ0) is 15.3. The predicted octanol–water partition coefficient (Wildman–Crippen LogP) is 0.665. The molecule has 0 aromatic carbocycles. The van der Waals surface area contributed by atoms with Crippen LogP contribution in [-0.2, 0) is 0 Å². The zero-order valence-corrected chi connectivity index (χ0v) is 10.9. The minimum absolute atomic E-state index is 0.108. The molecule has 0 saturated heterocycles. The lowest BCUT2D eigenvalue weighted by molar-refractivity contribution is -0.384. The summed E-state index contributed by atoms with van der Waals surface area (Å²) in [4.78, 5) is 37.3. The van der Waals surface area contributed by atoms with E-state index in [1.54, 1.807) is 12.4 Å². The fourth-order valence-electron chi connectivity index (χ4n) is 2.29. The molecule has 108 valence electrons. The summed E-state index contributed by atoms with van der Waals surface area (Å²) in [6.07, 6.45) is 7.50. The van der Waals surface area contributed by atoms with Gasteiger partial charge in [0.1, 0.15) is 6.33 Å². The smallest absolute Gasteiger partial charge is 0.314 e. The maximum atomic E-state index is 11.9. The van der Waals surface area contributed by atoms with E-state index in [1.165, 1.54) is 33.8 Å². The molecule has 4 heterocycles. The number of H-pyrrole nitrogens is 1. The highest BCUT2D eigenvalue weighted by Crippen LogP contribution is 2.24. The van der Waals surface area contributed by atoms with Gasteiger partial charge in [0, 0.05) is 30.9 Å². The molecule has 4 aromatic heterocycles. The van der Waals surface area contributed by atoms with Crippen LogP contribution in [0.3, 0.4) is 0 Å². The van der Waals surface area contributed by atoms with Gasteiger partial charge in [-0.25, -0.2) is 15.0 Å². The van der Waals surface area contributed by atoms with E-state index in [4.69, 9.17) is 0 Å². The maximum absolute atomic E-state index is 11.9. The van der Waals surface area contributed by atoms with Crippen LogP contribution in [0.2, 0.25) is 0 Å². The lowest BCUT2D eigenvalue weighted by atomic mass is 10.3. The zero-order valence-electron chi connectivity index (χ0n) is 10.9. The number of fused-ring (bicyclic) bond motifs is 3. The van der Waals surface area contributed by atoms with Crippen molar-refractivity contribution in [1.82, 2.24) is 28.9 Å². The number of imidazole rings is 2. The van der Waals surface area contributed by atoms with E-state index >= 15 is 0 Å². The van der Waals surface area contributed by atoms with E-state index in [1.807, 2.05) is 0 Å². The number of pyridine rings is 1. The third-order valence-electron chi connectivity index (χ3n) is 3.23. The van der Waals surface area contributed by atoms with Gasteiger partial charge >= 0.3 is 5.69 Å². The molecule has 0 aliphatic carbocycles. The Labute approximate surface area is 120 Å². The molecule has 0 unspecified atom stereocenters. The van der Waals surface area contributed by atoms with E-state index in [0.29, 0.717) is 5.65 Å². The number of aromatic nitrogens is 6. The highest BCUT2D eigenvalue weighted by atomic mass is 16.6. The molecule has 1 N–H and O–H groups in total. The summed E-state index contributed by atoms with van der Waals surface area (Å²) in [5.41, 5.74) is 0.113. The van der Waals surface area contributed by atoms with Crippen molar-refractivity contribution in [2.45, 2.75) is 0 Å². The summed E-state index contributed by atoms with van der Waals surface area (Å²) in [6.45, 7) is 0. The first-order chi connectivity index (χ1) is 10.6. The van der Waals surface area contributed by atoms with Crippen molar-refractivity contribution in [2.75, 3.05) is 0 Å². The molecule has 0 aliphatic heterocycles. The molecule has 0 spiro atoms. The van der Waals surface area contributed by atoms with Crippen molar-refractivity contribution in [1.29, 1.82) is 0 Å². The van der Waals surface area contributed by atoms with Gasteiger partial charge < -0.3 is 4.98 Å². The quantitative estimate of drug-likeness (QED) is 0.428. The van der Waals surface area contributed by atoms with Crippen molar-refractivity contribution in [2.24, 2.45) is 0 Å². The first-order valence-electron chi connectivity index (χ1n) is 6.18. The topological polar surface area (TPSA) is 124 Å². The molecule has 10 heteroatoms. The van der Waals surface area contributed by atoms with Gasteiger partial charge in [0.15, 0.2) is 5.65 Å². The molecule has 0 aliphatic rings. The van der Waals surface area contributed by atoms with Crippen LogP contribution < -0.4 is 5.56 Å². The molecule has 0 bridgehead atoms. The van der Waals surface area contributed by atoms with E-state index in [0.717, 1.165) is 0 Å². The number of nitro groups is 1. The normalized spacial score (nSPS) is 11.3. The maximum Gasteiger partial charge on any atom is 0.314 e. The molecule has 4 rings (SSSR count). The van der Waals surface area contributed by atoms with Gasteiger partial charge in [0.05, 0.1) is 10.4 Å². The van der Waals surface area contributed by atoms with Crippen LogP contribution in [0, 0.1) is 10.1 Å². The highest BCUT2D eigenvalue weighted by molar-refractivity contribution is 5.78. The second kappa shape index (κ2) is 4.22. The lowest BCUT2D eigenvalue weighted by Gasteiger charge is -2.06. The average Bonchev–Trinajstić information content (AvgIpc) is 3.18. The predicted molar refractivity (Wildman–Crippen MR) is 74.9 cm³/mol. The van der Waals surface area contributed by atoms with Crippen molar-refractivity contribution in [3.63, 3.8) is 0 Å². The Hall–Kier alpha value is -3.56. The van der Waals surface area contributed by atoms with Crippen molar-refractivity contribution in [3.05, 3.63) is 57.6 Å². The summed E-state index contributed by atoms with van der Waals surface area (Å²) in [6, 6.07) is 1.28. The fourth-order valence-corrected chi connectivity index (χ4v) is 2.29. The number of hydrogen-bond donors (Lipinski definition) is 1. The van der Waals surface area contributed by atoms with Gasteiger partial charge in [-0.1, -0.05) is 0 Å². The summed E-state index contributed by atoms with van der Waals surface area (Å²) in [5.74, 6) is 0.108. The molecule has 0 radical (unpaired) electrons. The van der Waals surface area contributed by atoms with Gasteiger partial charge in [-0.15, -0.1) is 0 Å². The van der Waals surface area contributed by atoms with Crippen molar-refractivity contribution >= 4 is 22.5 Å². The molecule has 10 nitrogen and oxygen atoms in total. The van der Waals surface area contributed by atoms with Gasteiger partial charge in [-0.3, -0.25) is 23.9 Å². The van der Waals surface area contributed by atoms with Crippen LogP contribution in [0.15, 0.2) is 42.0 Å². The van der Waals surface area contributed by atoms with Crippen LogP contribution in [0.1, 0.15) is 0 Å². The molecule has 4 aromatic rings. The Morgan fingerprint density at radius 1 is 1.23 bits per heavy atom. The minimum atomic E-state index is -0.557. The second-order valence-electron chi connectivity index (χ2n) is 4.50. The van der Waals surface area contributed by atoms with E-state index in [2.05, 4.69) is 19.9 Å². The molecule has 0 amide bonds. The molecule has 0 fully saturated rings. The molecular weight excluding hydrogens is 290 g/mol. The first kappa shape index (κ1) is 12.2. The van der Waals surface area contributed by atoms with Crippen LogP contribution in [-0.4, -0.2) is 33.8 Å². The summed E-state index contributed by atoms with van der Waals surface area (Å²) in [7, 11) is 0. The fraction of sp³-hybridized carbons (Fsp3) is 0. The van der Waals surface area contributed by atoms with Crippen LogP contribution in [0.5, 0.6) is 0 Å². The van der Waals surface area contributed by atoms with Gasteiger partial charge in [0.25, 0.3) is 5.56 Å². The number of nitrogens with zero attached hydrogens (tertiary/aromatic N) is 6. The highest BCUT2D eigenvalue weighted by Gasteiger charge is 2.20.